The molecule has 1 saturated heterocycles. The van der Waals surface area contributed by atoms with E-state index in [-0.39, 0.29) is 42.2 Å². The average Bonchev–Trinajstić information content (AvgIpc) is 2.66. The molecule has 28 heavy (non-hydrogen) atoms. The molecule has 0 spiro atoms. The first-order chi connectivity index (χ1) is 12.9. The Morgan fingerprint density at radius 2 is 2.14 bits per heavy atom. The fourth-order valence-corrected chi connectivity index (χ4v) is 5.38. The molecule has 1 aliphatic heterocycles. The molecule has 1 unspecified atom stereocenters. The molecule has 154 valence electrons. The second kappa shape index (κ2) is 9.65. The van der Waals surface area contributed by atoms with E-state index >= 15 is 0 Å². The minimum absolute atomic E-state index is 0. The molecule has 1 atom stereocenters. The maximum Gasteiger partial charge on any atom is 0.245 e. The van der Waals surface area contributed by atoms with E-state index < -0.39 is 10.0 Å². The van der Waals surface area contributed by atoms with Crippen molar-refractivity contribution in [3.05, 3.63) is 36.0 Å². The van der Waals surface area contributed by atoms with Crippen molar-refractivity contribution in [2.75, 3.05) is 19.6 Å². The highest BCUT2D eigenvalue weighted by Crippen LogP contribution is 2.29. The second-order valence-corrected chi connectivity index (χ2v) is 8.81. The summed E-state index contributed by atoms with van der Waals surface area (Å²) >= 11 is 0. The Bertz CT molecular complexity index is 936. The number of aromatic nitrogens is 1. The van der Waals surface area contributed by atoms with Gasteiger partial charge in [-0.2, -0.15) is 4.31 Å². The number of carbonyl (C=O) groups excluding carboxylic acids is 1. The second-order valence-electron chi connectivity index (χ2n) is 6.95. The number of amides is 1. The molecular formula is C19H27ClN4O3S. The Kier molecular flexibility index (Phi) is 7.77. The number of nitrogens with two attached hydrogens (primary N) is 1. The van der Waals surface area contributed by atoms with Crippen LogP contribution in [0.4, 0.5) is 0 Å². The quantitative estimate of drug-likeness (QED) is 0.734. The van der Waals surface area contributed by atoms with Gasteiger partial charge in [-0.15, -0.1) is 12.4 Å². The highest BCUT2D eigenvalue weighted by atomic mass is 35.5. The zero-order valence-electron chi connectivity index (χ0n) is 15.9. The van der Waals surface area contributed by atoms with Crippen molar-refractivity contribution in [1.29, 1.82) is 0 Å². The number of carbonyl (C=O) groups is 1. The van der Waals surface area contributed by atoms with Crippen LogP contribution in [0.25, 0.3) is 10.9 Å². The van der Waals surface area contributed by atoms with Crippen LogP contribution in [-0.4, -0.2) is 49.3 Å². The van der Waals surface area contributed by atoms with E-state index in [9.17, 15) is 13.2 Å². The van der Waals surface area contributed by atoms with Gasteiger partial charge in [-0.05, 0) is 37.5 Å². The number of hydrogen-bond donors (Lipinski definition) is 2. The smallest absolute Gasteiger partial charge is 0.245 e. The minimum Gasteiger partial charge on any atom is -0.354 e. The topological polar surface area (TPSA) is 105 Å². The molecule has 9 heteroatoms. The maximum absolute atomic E-state index is 13.4. The van der Waals surface area contributed by atoms with E-state index in [1.165, 1.54) is 4.31 Å². The summed E-state index contributed by atoms with van der Waals surface area (Å²) in [5.41, 5.74) is 6.87. The number of aryl methyl sites for hydroxylation is 1. The van der Waals surface area contributed by atoms with E-state index in [0.29, 0.717) is 18.6 Å². The number of hydrogen-bond acceptors (Lipinski definition) is 5. The molecule has 1 fully saturated rings. The molecule has 1 aliphatic rings. The zero-order chi connectivity index (χ0) is 19.4. The lowest BCUT2D eigenvalue weighted by molar-refractivity contribution is -0.121. The van der Waals surface area contributed by atoms with Crippen molar-refractivity contribution in [1.82, 2.24) is 14.6 Å². The minimum atomic E-state index is -3.72. The number of nitrogens with one attached hydrogen (secondary N) is 1. The van der Waals surface area contributed by atoms with Crippen LogP contribution in [-0.2, 0) is 14.8 Å². The first-order valence-electron chi connectivity index (χ1n) is 9.27. The first-order valence-corrected chi connectivity index (χ1v) is 10.7. The van der Waals surface area contributed by atoms with Crippen molar-refractivity contribution >= 4 is 39.2 Å². The van der Waals surface area contributed by atoms with Crippen LogP contribution in [0.5, 0.6) is 0 Å². The number of piperidine rings is 1. The van der Waals surface area contributed by atoms with Crippen molar-refractivity contribution in [3.8, 4) is 0 Å². The van der Waals surface area contributed by atoms with E-state index in [0.717, 1.165) is 30.2 Å². The Hall–Kier alpha value is -1.74. The summed E-state index contributed by atoms with van der Waals surface area (Å²) < 4.78 is 28.4. The van der Waals surface area contributed by atoms with Gasteiger partial charge in [0.25, 0.3) is 0 Å². The summed E-state index contributed by atoms with van der Waals surface area (Å²) in [6, 6.07) is 6.90. The van der Waals surface area contributed by atoms with Crippen LogP contribution in [0.3, 0.4) is 0 Å². The van der Waals surface area contributed by atoms with Crippen LogP contribution >= 0.6 is 12.4 Å². The lowest BCUT2D eigenvalue weighted by Crippen LogP contribution is -2.49. The van der Waals surface area contributed by atoms with Gasteiger partial charge in [0.05, 0.1) is 5.52 Å². The summed E-state index contributed by atoms with van der Waals surface area (Å²) in [6.45, 7) is 2.95. The van der Waals surface area contributed by atoms with Gasteiger partial charge in [0, 0.05) is 43.7 Å². The summed E-state index contributed by atoms with van der Waals surface area (Å²) in [5.74, 6) is -0.150. The fraction of sp³-hybridized carbons (Fsp3) is 0.474. The Balaban J connectivity index is 0.00000280. The molecule has 1 aromatic carbocycles. The molecule has 0 aliphatic carbocycles. The zero-order valence-corrected chi connectivity index (χ0v) is 17.6. The summed E-state index contributed by atoms with van der Waals surface area (Å²) in [5, 5.41) is 3.62. The summed E-state index contributed by atoms with van der Waals surface area (Å²) in [6.07, 6.45) is 4.40. The highest BCUT2D eigenvalue weighted by molar-refractivity contribution is 7.89. The van der Waals surface area contributed by atoms with Gasteiger partial charge in [0.2, 0.25) is 15.9 Å². The average molecular weight is 427 g/mol. The molecule has 0 radical (unpaired) electrons. The third-order valence-corrected chi connectivity index (χ3v) is 6.86. The van der Waals surface area contributed by atoms with Crippen molar-refractivity contribution in [2.24, 2.45) is 5.73 Å². The van der Waals surface area contributed by atoms with Crippen LogP contribution < -0.4 is 11.1 Å². The van der Waals surface area contributed by atoms with E-state index in [1.54, 1.807) is 18.3 Å². The third kappa shape index (κ3) is 4.81. The van der Waals surface area contributed by atoms with Gasteiger partial charge in [-0.3, -0.25) is 9.78 Å². The van der Waals surface area contributed by atoms with Gasteiger partial charge in [0.15, 0.2) is 0 Å². The summed E-state index contributed by atoms with van der Waals surface area (Å²) in [7, 11) is -3.72. The number of halogens is 1. The number of rotatable bonds is 6. The van der Waals surface area contributed by atoms with Gasteiger partial charge in [0.1, 0.15) is 4.90 Å². The van der Waals surface area contributed by atoms with Crippen LogP contribution in [0.1, 0.15) is 31.2 Å². The Labute approximate surface area is 172 Å². The fourth-order valence-electron chi connectivity index (χ4n) is 3.52. The molecule has 7 nitrogen and oxygen atoms in total. The van der Waals surface area contributed by atoms with Crippen LogP contribution in [0.15, 0.2) is 35.4 Å². The van der Waals surface area contributed by atoms with Gasteiger partial charge >= 0.3 is 0 Å². The summed E-state index contributed by atoms with van der Waals surface area (Å²) in [4.78, 5) is 16.3. The molecule has 2 aromatic rings. The number of benzene rings is 1. The molecule has 3 N–H and O–H groups in total. The maximum atomic E-state index is 13.4. The first kappa shape index (κ1) is 22.5. The molecule has 2 heterocycles. The predicted octanol–water partition coefficient (Wildman–Crippen LogP) is 1.97. The lowest BCUT2D eigenvalue weighted by Gasteiger charge is -2.35. The van der Waals surface area contributed by atoms with Gasteiger partial charge in [-0.1, -0.05) is 18.6 Å². The number of fused-ring (bicyclic) bond motifs is 1. The Morgan fingerprint density at radius 3 is 2.89 bits per heavy atom. The van der Waals surface area contributed by atoms with Crippen molar-refractivity contribution < 1.29 is 13.2 Å². The molecular weight excluding hydrogens is 400 g/mol. The van der Waals surface area contributed by atoms with Crippen molar-refractivity contribution in [3.63, 3.8) is 0 Å². The van der Waals surface area contributed by atoms with Gasteiger partial charge < -0.3 is 11.1 Å². The third-order valence-electron chi connectivity index (χ3n) is 4.88. The number of pyridine rings is 1. The molecule has 0 bridgehead atoms. The molecule has 1 amide bonds. The monoisotopic (exact) mass is 426 g/mol. The molecule has 0 saturated carbocycles. The standard InChI is InChI=1S/C19H26N4O3S.ClH/c1-14-11-15-5-4-7-17(19(15)22-12-14)27(25,26)23-10-3-2-6-16(23)13-21-18(24)8-9-20;/h4-5,7,11-12,16H,2-3,6,8-10,13,20H2,1H3,(H,21,24);1H. The Morgan fingerprint density at radius 1 is 1.36 bits per heavy atom. The highest BCUT2D eigenvalue weighted by Gasteiger charge is 2.34. The number of nitrogens with zero attached hydrogens (tertiary/aromatic N) is 2. The van der Waals surface area contributed by atoms with Crippen LogP contribution in [0.2, 0.25) is 0 Å². The van der Waals surface area contributed by atoms with Crippen LogP contribution in [0, 0.1) is 6.92 Å². The SMILES string of the molecule is Cc1cnc2c(S(=O)(=O)N3CCCCC3CNC(=O)CCN)cccc2c1.Cl. The van der Waals surface area contributed by atoms with Gasteiger partial charge in [-0.25, -0.2) is 8.42 Å². The largest absolute Gasteiger partial charge is 0.354 e. The normalized spacial score (nSPS) is 17.9. The van der Waals surface area contributed by atoms with E-state index in [4.69, 9.17) is 5.73 Å². The lowest BCUT2D eigenvalue weighted by atomic mass is 10.1. The van der Waals surface area contributed by atoms with E-state index in [1.807, 2.05) is 19.1 Å². The predicted molar refractivity (Wildman–Crippen MR) is 112 cm³/mol. The van der Waals surface area contributed by atoms with E-state index in [2.05, 4.69) is 10.3 Å². The molecule has 3 rings (SSSR count). The van der Waals surface area contributed by atoms with Crippen molar-refractivity contribution in [2.45, 2.75) is 43.5 Å². The number of sulfonamides is 1. The number of para-hydroxylation sites is 1. The molecule has 1 aromatic heterocycles.